The number of anilines is 2. The van der Waals surface area contributed by atoms with Gasteiger partial charge in [0, 0.05) is 11.8 Å². The summed E-state index contributed by atoms with van der Waals surface area (Å²) in [6, 6.07) is 8.51. The molecule has 0 spiro atoms. The van der Waals surface area contributed by atoms with Crippen LogP contribution in [0.25, 0.3) is 0 Å². The molecule has 1 heterocycles. The largest absolute Gasteiger partial charge is 0.462 e. The van der Waals surface area contributed by atoms with Gasteiger partial charge in [0.15, 0.2) is 0 Å². The molecule has 1 aromatic carbocycles. The Balaban J connectivity index is 2.08. The maximum Gasteiger partial charge on any atom is 0.338 e. The molecule has 1 aromatic heterocycles. The topological polar surface area (TPSA) is 64.1 Å². The maximum atomic E-state index is 11.5. The van der Waals surface area contributed by atoms with Gasteiger partial charge in [-0.25, -0.2) is 14.8 Å². The third kappa shape index (κ3) is 3.66. The second kappa shape index (κ2) is 6.15. The summed E-state index contributed by atoms with van der Waals surface area (Å²) >= 11 is 5.76. The van der Waals surface area contributed by atoms with Crippen molar-refractivity contribution < 1.29 is 9.53 Å². The molecule has 0 atom stereocenters. The molecule has 0 saturated carbocycles. The van der Waals surface area contributed by atoms with E-state index < -0.39 is 0 Å². The van der Waals surface area contributed by atoms with Gasteiger partial charge in [-0.1, -0.05) is 11.6 Å². The van der Waals surface area contributed by atoms with E-state index >= 15 is 0 Å². The van der Waals surface area contributed by atoms with Crippen molar-refractivity contribution in [3.8, 4) is 0 Å². The van der Waals surface area contributed by atoms with Crippen molar-refractivity contribution in [1.29, 1.82) is 0 Å². The predicted molar refractivity (Wildman–Crippen MR) is 72.7 cm³/mol. The molecule has 0 unspecified atom stereocenters. The smallest absolute Gasteiger partial charge is 0.338 e. The number of rotatable bonds is 4. The number of carbonyl (C=O) groups excluding carboxylic acids is 1. The summed E-state index contributed by atoms with van der Waals surface area (Å²) in [5, 5.41) is 3.42. The standard InChI is InChI=1S/C13H12ClN3O2/c1-2-19-13(18)9-3-5-10(6-4-9)17-12-7-11(14)15-8-16-12/h3-8H,2H2,1H3,(H,15,16,17). The molecule has 0 amide bonds. The fourth-order valence-electron chi connectivity index (χ4n) is 1.45. The molecule has 5 nitrogen and oxygen atoms in total. The van der Waals surface area contributed by atoms with E-state index in [0.29, 0.717) is 23.1 Å². The van der Waals surface area contributed by atoms with Crippen LogP contribution in [0.15, 0.2) is 36.7 Å². The van der Waals surface area contributed by atoms with Gasteiger partial charge in [-0.05, 0) is 31.2 Å². The minimum atomic E-state index is -0.334. The molecule has 2 rings (SSSR count). The average Bonchev–Trinajstić information content (AvgIpc) is 2.40. The van der Waals surface area contributed by atoms with Crippen LogP contribution in [0.1, 0.15) is 17.3 Å². The summed E-state index contributed by atoms with van der Waals surface area (Å²) in [7, 11) is 0. The first-order chi connectivity index (χ1) is 9.19. The number of hydrogen-bond donors (Lipinski definition) is 1. The van der Waals surface area contributed by atoms with Crippen molar-refractivity contribution in [2.24, 2.45) is 0 Å². The molecule has 2 aromatic rings. The molecule has 1 N–H and O–H groups in total. The van der Waals surface area contributed by atoms with Gasteiger partial charge in [0.1, 0.15) is 17.3 Å². The van der Waals surface area contributed by atoms with Crippen molar-refractivity contribution in [1.82, 2.24) is 9.97 Å². The summed E-state index contributed by atoms with van der Waals surface area (Å²) in [6.45, 7) is 2.13. The van der Waals surface area contributed by atoms with E-state index in [1.54, 1.807) is 37.3 Å². The number of aromatic nitrogens is 2. The van der Waals surface area contributed by atoms with E-state index in [1.807, 2.05) is 0 Å². The highest BCUT2D eigenvalue weighted by molar-refractivity contribution is 6.29. The summed E-state index contributed by atoms with van der Waals surface area (Å²) in [6.07, 6.45) is 1.37. The Morgan fingerprint density at radius 3 is 2.68 bits per heavy atom. The zero-order valence-electron chi connectivity index (χ0n) is 10.3. The average molecular weight is 278 g/mol. The van der Waals surface area contributed by atoms with Crippen LogP contribution in [0.4, 0.5) is 11.5 Å². The lowest BCUT2D eigenvalue weighted by Gasteiger charge is -2.06. The van der Waals surface area contributed by atoms with Gasteiger partial charge >= 0.3 is 5.97 Å². The lowest BCUT2D eigenvalue weighted by molar-refractivity contribution is 0.0526. The van der Waals surface area contributed by atoms with Gasteiger partial charge in [0.2, 0.25) is 0 Å². The van der Waals surface area contributed by atoms with Crippen LogP contribution in [0.2, 0.25) is 5.15 Å². The molecule has 98 valence electrons. The van der Waals surface area contributed by atoms with Crippen LogP contribution < -0.4 is 5.32 Å². The Hall–Kier alpha value is -2.14. The minimum Gasteiger partial charge on any atom is -0.462 e. The number of esters is 1. The fraction of sp³-hybridized carbons (Fsp3) is 0.154. The molecule has 0 bridgehead atoms. The molecule has 0 aliphatic rings. The maximum absolute atomic E-state index is 11.5. The van der Waals surface area contributed by atoms with Crippen LogP contribution >= 0.6 is 11.6 Å². The Morgan fingerprint density at radius 2 is 2.05 bits per heavy atom. The summed E-state index contributed by atoms with van der Waals surface area (Å²) in [5.41, 5.74) is 1.30. The molecule has 0 aliphatic carbocycles. The quantitative estimate of drug-likeness (QED) is 0.687. The minimum absolute atomic E-state index is 0.334. The van der Waals surface area contributed by atoms with Crippen LogP contribution in [0.3, 0.4) is 0 Å². The third-order valence-corrected chi connectivity index (χ3v) is 2.51. The van der Waals surface area contributed by atoms with E-state index in [1.165, 1.54) is 6.33 Å². The highest BCUT2D eigenvalue weighted by atomic mass is 35.5. The van der Waals surface area contributed by atoms with E-state index in [4.69, 9.17) is 16.3 Å². The predicted octanol–water partition coefficient (Wildman–Crippen LogP) is 3.05. The van der Waals surface area contributed by atoms with Crippen LogP contribution in [0, 0.1) is 0 Å². The van der Waals surface area contributed by atoms with E-state index in [-0.39, 0.29) is 5.97 Å². The van der Waals surface area contributed by atoms with E-state index in [0.717, 1.165) is 5.69 Å². The van der Waals surface area contributed by atoms with Crippen molar-refractivity contribution in [3.05, 3.63) is 47.4 Å². The van der Waals surface area contributed by atoms with Gasteiger partial charge in [-0.15, -0.1) is 0 Å². The second-order valence-corrected chi connectivity index (χ2v) is 4.04. The van der Waals surface area contributed by atoms with E-state index in [2.05, 4.69) is 15.3 Å². The molecular weight excluding hydrogens is 266 g/mol. The van der Waals surface area contributed by atoms with Crippen molar-refractivity contribution in [3.63, 3.8) is 0 Å². The highest BCUT2D eigenvalue weighted by Gasteiger charge is 2.05. The van der Waals surface area contributed by atoms with Crippen LogP contribution in [-0.4, -0.2) is 22.5 Å². The number of nitrogens with one attached hydrogen (secondary N) is 1. The molecule has 6 heteroatoms. The van der Waals surface area contributed by atoms with Gasteiger partial charge in [-0.2, -0.15) is 0 Å². The van der Waals surface area contributed by atoms with Gasteiger partial charge in [0.05, 0.1) is 12.2 Å². The SMILES string of the molecule is CCOC(=O)c1ccc(Nc2cc(Cl)ncn2)cc1. The molecule has 0 aliphatic heterocycles. The summed E-state index contributed by atoms with van der Waals surface area (Å²) < 4.78 is 4.90. The first-order valence-corrected chi connectivity index (χ1v) is 6.08. The van der Waals surface area contributed by atoms with Crippen LogP contribution in [-0.2, 0) is 4.74 Å². The Kier molecular flexibility index (Phi) is 4.30. The summed E-state index contributed by atoms with van der Waals surface area (Å²) in [4.78, 5) is 19.3. The van der Waals surface area contributed by atoms with Crippen molar-refractivity contribution in [2.75, 3.05) is 11.9 Å². The highest BCUT2D eigenvalue weighted by Crippen LogP contribution is 2.17. The lowest BCUT2D eigenvalue weighted by Crippen LogP contribution is -2.04. The first kappa shape index (κ1) is 13.3. The number of nitrogens with zero attached hydrogens (tertiary/aromatic N) is 2. The first-order valence-electron chi connectivity index (χ1n) is 5.71. The van der Waals surface area contributed by atoms with Gasteiger partial charge in [0.25, 0.3) is 0 Å². The van der Waals surface area contributed by atoms with Crippen LogP contribution in [0.5, 0.6) is 0 Å². The number of ether oxygens (including phenoxy) is 1. The summed E-state index contributed by atoms with van der Waals surface area (Å²) in [5.74, 6) is 0.253. The Bertz CT molecular complexity index is 572. The molecule has 0 saturated heterocycles. The zero-order chi connectivity index (χ0) is 13.7. The van der Waals surface area contributed by atoms with Gasteiger partial charge < -0.3 is 10.1 Å². The third-order valence-electron chi connectivity index (χ3n) is 2.30. The number of hydrogen-bond acceptors (Lipinski definition) is 5. The molecule has 0 fully saturated rings. The molecule has 19 heavy (non-hydrogen) atoms. The van der Waals surface area contributed by atoms with Gasteiger partial charge in [-0.3, -0.25) is 0 Å². The number of carbonyl (C=O) groups is 1. The lowest BCUT2D eigenvalue weighted by atomic mass is 10.2. The Labute approximate surface area is 115 Å². The van der Waals surface area contributed by atoms with E-state index in [9.17, 15) is 4.79 Å². The fourth-order valence-corrected chi connectivity index (χ4v) is 1.60. The number of halogens is 1. The normalized spacial score (nSPS) is 10.0. The Morgan fingerprint density at radius 1 is 1.32 bits per heavy atom. The zero-order valence-corrected chi connectivity index (χ0v) is 11.0. The second-order valence-electron chi connectivity index (χ2n) is 3.65. The molecular formula is C13H12ClN3O2. The van der Waals surface area contributed by atoms with Crippen molar-refractivity contribution >= 4 is 29.1 Å². The number of benzene rings is 1. The molecule has 0 radical (unpaired) electrons. The van der Waals surface area contributed by atoms with Crippen molar-refractivity contribution in [2.45, 2.75) is 6.92 Å². The monoisotopic (exact) mass is 277 g/mol.